The van der Waals surface area contributed by atoms with Crippen LogP contribution in [0.15, 0.2) is 43.1 Å². The predicted molar refractivity (Wildman–Crippen MR) is 120 cm³/mol. The van der Waals surface area contributed by atoms with Gasteiger partial charge in [0.15, 0.2) is 5.01 Å². The van der Waals surface area contributed by atoms with E-state index in [2.05, 4.69) is 30.1 Å². The molecule has 32 heavy (non-hydrogen) atoms. The van der Waals surface area contributed by atoms with E-state index in [1.54, 1.807) is 35.4 Å². The molecular formula is C20H19N7O3S2. The molecule has 0 bridgehead atoms. The highest BCUT2D eigenvalue weighted by molar-refractivity contribution is 7.93. The van der Waals surface area contributed by atoms with Gasteiger partial charge in [-0.1, -0.05) is 0 Å². The summed E-state index contributed by atoms with van der Waals surface area (Å²) < 4.78 is 28.5. The Kier molecular flexibility index (Phi) is 5.10. The molecule has 0 atom stereocenters. The molecule has 0 aliphatic heterocycles. The van der Waals surface area contributed by atoms with Crippen LogP contribution in [0.2, 0.25) is 0 Å². The van der Waals surface area contributed by atoms with Gasteiger partial charge in [0, 0.05) is 24.2 Å². The summed E-state index contributed by atoms with van der Waals surface area (Å²) in [5.74, 6) is -0.336. The zero-order valence-electron chi connectivity index (χ0n) is 17.0. The van der Waals surface area contributed by atoms with Gasteiger partial charge in [0.1, 0.15) is 6.33 Å². The Bertz CT molecular complexity index is 1420. The van der Waals surface area contributed by atoms with Gasteiger partial charge in [0.25, 0.3) is 5.91 Å². The standard InChI is InChI=1S/C20H19N7O3S2/c1-12-6-17-16(9-21-11-27(17)25-12)18-10-24-20(31-18)19(28)23-8-14-7-13(4-5-22-14)26-32(29,30)15-2-3-15/h4-7,9-11,15H,2-3,8H2,1H3,(H,22,26)(H,23,28). The fraction of sp³-hybridized carbons (Fsp3) is 0.250. The van der Waals surface area contributed by atoms with E-state index in [1.165, 1.54) is 17.5 Å². The number of hydrogen-bond acceptors (Lipinski definition) is 8. The Morgan fingerprint density at radius 3 is 2.91 bits per heavy atom. The second kappa shape index (κ2) is 7.95. The van der Waals surface area contributed by atoms with Gasteiger partial charge in [-0.15, -0.1) is 11.3 Å². The molecule has 164 valence electrons. The number of pyridine rings is 1. The van der Waals surface area contributed by atoms with Gasteiger partial charge in [-0.3, -0.25) is 14.5 Å². The Morgan fingerprint density at radius 1 is 1.25 bits per heavy atom. The number of anilines is 1. The van der Waals surface area contributed by atoms with Crippen LogP contribution in [0.1, 0.15) is 34.0 Å². The molecule has 0 unspecified atom stereocenters. The molecule has 1 fully saturated rings. The van der Waals surface area contributed by atoms with Gasteiger partial charge >= 0.3 is 0 Å². The lowest BCUT2D eigenvalue weighted by molar-refractivity contribution is 0.0950. The van der Waals surface area contributed by atoms with Gasteiger partial charge in [-0.25, -0.2) is 22.9 Å². The summed E-state index contributed by atoms with van der Waals surface area (Å²) in [4.78, 5) is 26.1. The molecule has 1 aliphatic carbocycles. The van der Waals surface area contributed by atoms with Gasteiger partial charge in [-0.05, 0) is 38.0 Å². The van der Waals surface area contributed by atoms with Crippen molar-refractivity contribution in [1.29, 1.82) is 0 Å². The molecule has 1 saturated carbocycles. The van der Waals surface area contributed by atoms with Gasteiger partial charge in [-0.2, -0.15) is 5.10 Å². The van der Waals surface area contributed by atoms with Crippen molar-refractivity contribution in [3.8, 4) is 10.4 Å². The summed E-state index contributed by atoms with van der Waals surface area (Å²) in [5, 5.41) is 7.13. The summed E-state index contributed by atoms with van der Waals surface area (Å²) in [6, 6.07) is 5.15. The van der Waals surface area contributed by atoms with Crippen LogP contribution < -0.4 is 10.0 Å². The van der Waals surface area contributed by atoms with Crippen molar-refractivity contribution in [3.05, 3.63) is 59.5 Å². The first-order valence-electron chi connectivity index (χ1n) is 9.90. The van der Waals surface area contributed by atoms with Crippen molar-refractivity contribution in [2.24, 2.45) is 0 Å². The maximum Gasteiger partial charge on any atom is 0.280 e. The zero-order valence-corrected chi connectivity index (χ0v) is 18.7. The number of amides is 1. The number of aryl methyl sites for hydroxylation is 1. The molecule has 1 aliphatic rings. The summed E-state index contributed by atoms with van der Waals surface area (Å²) in [7, 11) is -3.35. The first-order valence-corrected chi connectivity index (χ1v) is 12.3. The van der Waals surface area contributed by atoms with E-state index in [1.807, 2.05) is 13.0 Å². The number of aromatic nitrogens is 5. The third-order valence-electron chi connectivity index (χ3n) is 4.95. The largest absolute Gasteiger partial charge is 0.344 e. The van der Waals surface area contributed by atoms with Crippen molar-refractivity contribution >= 4 is 38.5 Å². The highest BCUT2D eigenvalue weighted by atomic mass is 32.2. The van der Waals surface area contributed by atoms with Gasteiger partial charge < -0.3 is 5.32 Å². The van der Waals surface area contributed by atoms with E-state index < -0.39 is 10.0 Å². The molecule has 0 spiro atoms. The molecule has 0 aromatic carbocycles. The van der Waals surface area contributed by atoms with Crippen LogP contribution in [-0.2, 0) is 16.6 Å². The second-order valence-electron chi connectivity index (χ2n) is 7.52. The number of fused-ring (bicyclic) bond motifs is 1. The molecule has 10 nitrogen and oxygen atoms in total. The Balaban J connectivity index is 1.27. The number of carbonyl (C=O) groups excluding carboxylic acids is 1. The fourth-order valence-electron chi connectivity index (χ4n) is 3.25. The molecular weight excluding hydrogens is 450 g/mol. The monoisotopic (exact) mass is 469 g/mol. The maximum absolute atomic E-state index is 12.6. The van der Waals surface area contributed by atoms with Crippen molar-refractivity contribution in [1.82, 2.24) is 29.9 Å². The molecule has 0 radical (unpaired) electrons. The first-order chi connectivity index (χ1) is 15.4. The van der Waals surface area contributed by atoms with Crippen LogP contribution in [-0.4, -0.2) is 44.1 Å². The quantitative estimate of drug-likeness (QED) is 0.425. The lowest BCUT2D eigenvalue weighted by atomic mass is 10.2. The smallest absolute Gasteiger partial charge is 0.280 e. The zero-order chi connectivity index (χ0) is 22.3. The van der Waals surface area contributed by atoms with Gasteiger partial charge in [0.2, 0.25) is 10.0 Å². The fourth-order valence-corrected chi connectivity index (χ4v) is 5.48. The summed E-state index contributed by atoms with van der Waals surface area (Å²) >= 11 is 1.26. The topological polar surface area (TPSA) is 131 Å². The third kappa shape index (κ3) is 4.18. The molecule has 4 heterocycles. The number of thiazole rings is 1. The van der Waals surface area contributed by atoms with E-state index in [-0.39, 0.29) is 17.7 Å². The van der Waals surface area contributed by atoms with Crippen LogP contribution in [0.4, 0.5) is 5.69 Å². The van der Waals surface area contributed by atoms with E-state index in [0.29, 0.717) is 29.2 Å². The minimum atomic E-state index is -3.35. The van der Waals surface area contributed by atoms with Crippen molar-refractivity contribution in [2.75, 3.05) is 4.72 Å². The first kappa shape index (κ1) is 20.5. The Labute approximate surface area is 187 Å². The number of nitrogens with zero attached hydrogens (tertiary/aromatic N) is 5. The number of carbonyl (C=O) groups is 1. The number of hydrogen-bond donors (Lipinski definition) is 2. The molecule has 0 saturated heterocycles. The predicted octanol–water partition coefficient (Wildman–Crippen LogP) is 2.39. The minimum Gasteiger partial charge on any atom is -0.344 e. The lowest BCUT2D eigenvalue weighted by Crippen LogP contribution is -2.23. The SMILES string of the molecule is Cc1cc2c(-c3cnc(C(=O)NCc4cc(NS(=O)(=O)C5CC5)ccn4)s3)cncn2n1. The van der Waals surface area contributed by atoms with Crippen LogP contribution in [0.25, 0.3) is 16.0 Å². The highest BCUT2D eigenvalue weighted by Crippen LogP contribution is 2.30. The summed E-state index contributed by atoms with van der Waals surface area (Å²) in [6.45, 7) is 2.05. The van der Waals surface area contributed by atoms with Crippen LogP contribution >= 0.6 is 11.3 Å². The molecule has 4 aromatic rings. The number of rotatable bonds is 7. The number of nitrogens with one attached hydrogen (secondary N) is 2. The van der Waals surface area contributed by atoms with Crippen LogP contribution in [0, 0.1) is 6.92 Å². The van der Waals surface area contributed by atoms with E-state index >= 15 is 0 Å². The molecule has 2 N–H and O–H groups in total. The normalized spacial score (nSPS) is 13.9. The molecule has 5 rings (SSSR count). The molecule has 12 heteroatoms. The lowest BCUT2D eigenvalue weighted by Gasteiger charge is -2.08. The minimum absolute atomic E-state index is 0.145. The Morgan fingerprint density at radius 2 is 2.09 bits per heavy atom. The van der Waals surface area contributed by atoms with Crippen molar-refractivity contribution in [3.63, 3.8) is 0 Å². The van der Waals surface area contributed by atoms with E-state index in [4.69, 9.17) is 0 Å². The maximum atomic E-state index is 12.6. The second-order valence-corrected chi connectivity index (χ2v) is 10.5. The van der Waals surface area contributed by atoms with E-state index in [0.717, 1.165) is 21.7 Å². The Hall–Kier alpha value is -3.38. The van der Waals surface area contributed by atoms with Gasteiger partial charge in [0.05, 0.1) is 39.3 Å². The van der Waals surface area contributed by atoms with Crippen LogP contribution in [0.3, 0.4) is 0 Å². The third-order valence-corrected chi connectivity index (χ3v) is 7.85. The van der Waals surface area contributed by atoms with Crippen LogP contribution in [0.5, 0.6) is 0 Å². The average molecular weight is 470 g/mol. The highest BCUT2D eigenvalue weighted by Gasteiger charge is 2.35. The van der Waals surface area contributed by atoms with Crippen molar-refractivity contribution in [2.45, 2.75) is 31.6 Å². The van der Waals surface area contributed by atoms with Crippen molar-refractivity contribution < 1.29 is 13.2 Å². The summed E-state index contributed by atoms with van der Waals surface area (Å²) in [5.41, 5.74) is 3.58. The summed E-state index contributed by atoms with van der Waals surface area (Å²) in [6.07, 6.45) is 7.88. The van der Waals surface area contributed by atoms with E-state index in [9.17, 15) is 13.2 Å². The molecule has 4 aromatic heterocycles. The molecule has 1 amide bonds. The average Bonchev–Trinajstić information content (AvgIpc) is 3.40. The number of sulfonamides is 1.